The van der Waals surface area contributed by atoms with Gasteiger partial charge in [-0.2, -0.15) is 13.9 Å². The molecule has 8 nitrogen and oxygen atoms in total. The third-order valence-corrected chi connectivity index (χ3v) is 5.60. The van der Waals surface area contributed by atoms with Crippen LogP contribution in [0.3, 0.4) is 0 Å². The van der Waals surface area contributed by atoms with Crippen LogP contribution in [0.1, 0.15) is 42.6 Å². The number of halogens is 4. The van der Waals surface area contributed by atoms with Crippen molar-refractivity contribution in [1.82, 2.24) is 20.0 Å². The van der Waals surface area contributed by atoms with Crippen LogP contribution in [0, 0.1) is 0 Å². The molecule has 1 aromatic heterocycles. The summed E-state index contributed by atoms with van der Waals surface area (Å²) in [4.78, 5) is 25.3. The van der Waals surface area contributed by atoms with Gasteiger partial charge in [0.25, 0.3) is 5.91 Å². The Balaban J connectivity index is 0.00000385. The van der Waals surface area contributed by atoms with Crippen LogP contribution in [0.25, 0.3) is 11.3 Å². The Labute approximate surface area is 201 Å². The van der Waals surface area contributed by atoms with Crippen LogP contribution in [0.15, 0.2) is 24.4 Å². The second kappa shape index (κ2) is 12.2. The molecule has 0 aliphatic carbocycles. The van der Waals surface area contributed by atoms with Crippen LogP contribution in [0.2, 0.25) is 5.02 Å². The number of amides is 2. The Kier molecular flexibility index (Phi) is 9.87. The van der Waals surface area contributed by atoms with Gasteiger partial charge >= 0.3 is 6.61 Å². The Morgan fingerprint density at radius 1 is 1.33 bits per heavy atom. The molecular formula is C21H27Cl2F2N5O3. The maximum Gasteiger partial charge on any atom is 0.387 e. The molecule has 0 saturated carbocycles. The third-order valence-electron chi connectivity index (χ3n) is 5.37. The molecule has 182 valence electrons. The van der Waals surface area contributed by atoms with Crippen LogP contribution in [-0.4, -0.2) is 59.3 Å². The number of nitrogens with one attached hydrogen (secondary N) is 1. The molecule has 0 unspecified atom stereocenters. The fraction of sp³-hybridized carbons (Fsp3) is 0.476. The number of benzene rings is 1. The summed E-state index contributed by atoms with van der Waals surface area (Å²) in [5, 5.41) is 7.60. The highest BCUT2D eigenvalue weighted by molar-refractivity contribution is 6.31. The molecule has 3 N–H and O–H groups in total. The van der Waals surface area contributed by atoms with Gasteiger partial charge < -0.3 is 20.7 Å². The molecule has 1 fully saturated rings. The number of carbonyl (C=O) groups excluding carboxylic acids is 2. The molecule has 1 aromatic carbocycles. The molecule has 12 heteroatoms. The summed E-state index contributed by atoms with van der Waals surface area (Å²) in [6.45, 7) is 1.65. The van der Waals surface area contributed by atoms with E-state index in [0.717, 1.165) is 38.9 Å². The summed E-state index contributed by atoms with van der Waals surface area (Å²) in [5.41, 5.74) is 6.00. The van der Waals surface area contributed by atoms with Gasteiger partial charge in [0.2, 0.25) is 5.91 Å². The van der Waals surface area contributed by atoms with E-state index in [-0.39, 0.29) is 46.9 Å². The highest BCUT2D eigenvalue weighted by atomic mass is 35.5. The van der Waals surface area contributed by atoms with E-state index >= 15 is 0 Å². The summed E-state index contributed by atoms with van der Waals surface area (Å²) in [6.07, 6.45) is 4.02. The van der Waals surface area contributed by atoms with E-state index in [1.54, 1.807) is 10.9 Å². The number of hydrogen-bond acceptors (Lipinski definition) is 5. The van der Waals surface area contributed by atoms with Crippen molar-refractivity contribution >= 4 is 35.8 Å². The first-order chi connectivity index (χ1) is 15.2. The number of likely N-dealkylation sites (tertiary alicyclic amines) is 1. The maximum atomic E-state index is 12.9. The van der Waals surface area contributed by atoms with E-state index in [1.165, 1.54) is 25.1 Å². The number of piperidine rings is 1. The number of aromatic nitrogens is 2. The van der Waals surface area contributed by atoms with Crippen molar-refractivity contribution in [3.8, 4) is 17.0 Å². The molecule has 2 amide bonds. The van der Waals surface area contributed by atoms with Crippen LogP contribution < -0.4 is 15.8 Å². The van der Waals surface area contributed by atoms with Gasteiger partial charge in [0.05, 0.1) is 11.6 Å². The Morgan fingerprint density at radius 2 is 2.03 bits per heavy atom. The van der Waals surface area contributed by atoms with Crippen LogP contribution >= 0.6 is 24.0 Å². The zero-order valence-corrected chi connectivity index (χ0v) is 19.7. The highest BCUT2D eigenvalue weighted by Gasteiger charge is 2.26. The number of ether oxygens (including phenoxy) is 1. The summed E-state index contributed by atoms with van der Waals surface area (Å²) in [7, 11) is 0. The average molecular weight is 506 g/mol. The fourth-order valence-electron chi connectivity index (χ4n) is 3.82. The quantitative estimate of drug-likeness (QED) is 0.507. The topological polar surface area (TPSA) is 102 Å². The van der Waals surface area contributed by atoms with Gasteiger partial charge in [-0.15, -0.1) is 12.4 Å². The van der Waals surface area contributed by atoms with Crippen molar-refractivity contribution in [2.45, 2.75) is 38.8 Å². The van der Waals surface area contributed by atoms with E-state index in [1.807, 2.05) is 0 Å². The summed E-state index contributed by atoms with van der Waals surface area (Å²) < 4.78 is 32.0. The smallest absolute Gasteiger partial charge is 0.387 e. The summed E-state index contributed by atoms with van der Waals surface area (Å²) in [5.74, 6) is -0.888. The number of carbonyl (C=O) groups is 2. The van der Waals surface area contributed by atoms with Crippen molar-refractivity contribution in [3.63, 3.8) is 0 Å². The first-order valence-corrected chi connectivity index (χ1v) is 10.7. The Morgan fingerprint density at radius 3 is 2.64 bits per heavy atom. The van der Waals surface area contributed by atoms with Gasteiger partial charge in [-0.25, -0.2) is 0 Å². The molecule has 33 heavy (non-hydrogen) atoms. The lowest BCUT2D eigenvalue weighted by Crippen LogP contribution is -2.36. The lowest BCUT2D eigenvalue weighted by Gasteiger charge is -2.32. The number of alkyl halides is 2. The third kappa shape index (κ3) is 7.28. The minimum Gasteiger partial charge on any atom is -0.434 e. The minimum atomic E-state index is -3.04. The van der Waals surface area contributed by atoms with E-state index in [4.69, 9.17) is 17.3 Å². The Bertz CT molecular complexity index is 965. The normalized spacial score (nSPS) is 14.7. The molecule has 1 aliphatic heterocycles. The van der Waals surface area contributed by atoms with Crippen molar-refractivity contribution in [1.29, 1.82) is 0 Å². The van der Waals surface area contributed by atoms with Crippen molar-refractivity contribution in [2.24, 2.45) is 5.73 Å². The summed E-state index contributed by atoms with van der Waals surface area (Å²) in [6, 6.07) is 4.20. The monoisotopic (exact) mass is 505 g/mol. The fourth-order valence-corrected chi connectivity index (χ4v) is 3.99. The average Bonchev–Trinajstić information content (AvgIpc) is 3.18. The van der Waals surface area contributed by atoms with Crippen LogP contribution in [0.5, 0.6) is 5.75 Å². The molecule has 2 heterocycles. The van der Waals surface area contributed by atoms with Gasteiger partial charge in [0.1, 0.15) is 11.4 Å². The predicted octanol–water partition coefficient (Wildman–Crippen LogP) is 3.49. The number of primary amides is 1. The van der Waals surface area contributed by atoms with E-state index in [9.17, 15) is 18.4 Å². The van der Waals surface area contributed by atoms with Crippen LogP contribution in [-0.2, 0) is 4.79 Å². The number of hydrogen-bond donors (Lipinski definition) is 2. The molecule has 0 radical (unpaired) electrons. The van der Waals surface area contributed by atoms with Gasteiger partial charge in [0, 0.05) is 43.3 Å². The number of rotatable bonds is 9. The van der Waals surface area contributed by atoms with E-state index in [0.29, 0.717) is 11.6 Å². The second-order valence-corrected chi connectivity index (χ2v) is 8.10. The van der Waals surface area contributed by atoms with Gasteiger partial charge in [-0.3, -0.25) is 14.3 Å². The summed E-state index contributed by atoms with van der Waals surface area (Å²) >= 11 is 6.05. The first-order valence-electron chi connectivity index (χ1n) is 10.3. The molecular weight excluding hydrogens is 479 g/mol. The van der Waals surface area contributed by atoms with Crippen LogP contribution in [0.4, 0.5) is 8.78 Å². The predicted molar refractivity (Wildman–Crippen MR) is 123 cm³/mol. The molecule has 1 aliphatic rings. The van der Waals surface area contributed by atoms with Gasteiger partial charge in [-0.1, -0.05) is 11.6 Å². The second-order valence-electron chi connectivity index (χ2n) is 7.66. The standard InChI is InChI=1S/C21H26ClF2N5O3.ClH/c1-13(30)26-7-2-8-28-9-5-15(6-10-28)29-12-17(20(25)31)19(27-29)16-11-14(22)3-4-18(16)32-21(23)24;/h3-4,11-12,15,21H,2,5-10H2,1H3,(H2,25,31)(H,26,30);1H. The van der Waals surface area contributed by atoms with Crippen molar-refractivity contribution in [2.75, 3.05) is 26.2 Å². The van der Waals surface area contributed by atoms with Crippen molar-refractivity contribution < 1.29 is 23.1 Å². The molecule has 2 aromatic rings. The molecule has 0 spiro atoms. The lowest BCUT2D eigenvalue weighted by atomic mass is 10.0. The molecule has 3 rings (SSSR count). The van der Waals surface area contributed by atoms with E-state index in [2.05, 4.69) is 20.1 Å². The SMILES string of the molecule is CC(=O)NCCCN1CCC(n2cc(C(N)=O)c(-c3cc(Cl)ccc3OC(F)F)n2)CC1.Cl. The molecule has 1 saturated heterocycles. The van der Waals surface area contributed by atoms with E-state index < -0.39 is 12.5 Å². The molecule has 0 atom stereocenters. The lowest BCUT2D eigenvalue weighted by molar-refractivity contribution is -0.118. The Hall–Kier alpha value is -2.43. The zero-order valence-electron chi connectivity index (χ0n) is 18.1. The largest absolute Gasteiger partial charge is 0.434 e. The zero-order chi connectivity index (χ0) is 23.3. The number of nitrogens with two attached hydrogens (primary N) is 1. The van der Waals surface area contributed by atoms with Gasteiger partial charge in [-0.05, 0) is 44.0 Å². The first kappa shape index (κ1) is 26.8. The van der Waals surface area contributed by atoms with Crippen molar-refractivity contribution in [3.05, 3.63) is 35.0 Å². The maximum absolute atomic E-state index is 12.9. The molecule has 0 bridgehead atoms. The van der Waals surface area contributed by atoms with Gasteiger partial charge in [0.15, 0.2) is 0 Å². The minimum absolute atomic E-state index is 0. The number of nitrogens with zero attached hydrogens (tertiary/aromatic N) is 3. The highest BCUT2D eigenvalue weighted by Crippen LogP contribution is 2.36.